The Morgan fingerprint density at radius 2 is 1.97 bits per heavy atom. The lowest BCUT2D eigenvalue weighted by atomic mass is 9.41. The van der Waals surface area contributed by atoms with Crippen molar-refractivity contribution in [2.75, 3.05) is 6.61 Å². The number of carbonyl (C=O) groups excluding carboxylic acids is 2. The molecule has 4 saturated carbocycles. The maximum atomic E-state index is 17.6. The lowest BCUT2D eigenvalue weighted by Gasteiger charge is -2.64. The lowest BCUT2D eigenvalue weighted by molar-refractivity contribution is -0.209. The van der Waals surface area contributed by atoms with E-state index in [4.69, 9.17) is 0 Å². The number of fused-ring (bicyclic) bond motifs is 6. The fraction of sp³-hybridized carbons (Fsp3) is 0.750. The maximum absolute atomic E-state index is 17.6. The number of hydrogen-bond donors (Lipinski definition) is 2. The highest BCUT2D eigenvalue weighted by Crippen LogP contribution is 2.81. The summed E-state index contributed by atoms with van der Waals surface area (Å²) in [5.41, 5.74) is -4.35. The van der Waals surface area contributed by atoms with E-state index >= 15 is 4.39 Å². The van der Waals surface area contributed by atoms with Crippen molar-refractivity contribution in [1.29, 1.82) is 0 Å². The topological polar surface area (TPSA) is 74.6 Å². The van der Waals surface area contributed by atoms with Crippen LogP contribution in [0.25, 0.3) is 0 Å². The number of rotatable bonds is 2. The van der Waals surface area contributed by atoms with Crippen LogP contribution in [0.3, 0.4) is 0 Å². The Balaban J connectivity index is 1.68. The van der Waals surface area contributed by atoms with Crippen LogP contribution in [0, 0.1) is 34.0 Å². The fourth-order valence-electron chi connectivity index (χ4n) is 8.50. The van der Waals surface area contributed by atoms with Gasteiger partial charge in [-0.3, -0.25) is 9.59 Å². The second-order valence-electron chi connectivity index (χ2n) is 10.9. The third-order valence-electron chi connectivity index (χ3n) is 9.95. The highest BCUT2D eigenvalue weighted by molar-refractivity contribution is 6.01. The third kappa shape index (κ3) is 1.93. The Morgan fingerprint density at radius 3 is 2.59 bits per heavy atom. The van der Waals surface area contributed by atoms with Gasteiger partial charge in [0.15, 0.2) is 11.6 Å². The molecule has 5 heteroatoms. The quantitative estimate of drug-likeness (QED) is 0.743. The Bertz CT molecular complexity index is 872. The predicted octanol–water partition coefficient (Wildman–Crippen LogP) is 3.32. The first kappa shape index (κ1) is 19.6. The Hall–Kier alpha value is -1.33. The maximum Gasteiger partial charge on any atom is 0.190 e. The number of aliphatic hydroxyl groups is 2. The first-order chi connectivity index (χ1) is 13.5. The first-order valence-electron chi connectivity index (χ1n) is 11.0. The average Bonchev–Trinajstić information content (AvgIpc) is 3.42. The first-order valence-corrected chi connectivity index (χ1v) is 11.0. The van der Waals surface area contributed by atoms with Crippen molar-refractivity contribution in [3.63, 3.8) is 0 Å². The SMILES string of the molecule is C[C@H]1CC2C3CCC4=CC(=O)C=C[C@]4(C)[C@@]3(F)C3(CC3)C[C@]2(C)[C@@]1(O)C(=O)CO. The molecule has 4 fully saturated rings. The number of carbonyl (C=O) groups is 2. The molecule has 2 unspecified atom stereocenters. The molecular weight excluding hydrogens is 371 g/mol. The predicted molar refractivity (Wildman–Crippen MR) is 106 cm³/mol. The molecule has 0 aromatic carbocycles. The van der Waals surface area contributed by atoms with E-state index in [9.17, 15) is 19.8 Å². The van der Waals surface area contributed by atoms with Gasteiger partial charge in [-0.2, -0.15) is 0 Å². The van der Waals surface area contributed by atoms with Crippen molar-refractivity contribution in [3.05, 3.63) is 23.8 Å². The molecule has 29 heavy (non-hydrogen) atoms. The summed E-state index contributed by atoms with van der Waals surface area (Å²) in [5.74, 6) is -1.31. The van der Waals surface area contributed by atoms with Crippen LogP contribution in [0.4, 0.5) is 4.39 Å². The van der Waals surface area contributed by atoms with Crippen LogP contribution in [-0.2, 0) is 9.59 Å². The molecule has 7 atom stereocenters. The molecule has 158 valence electrons. The number of allylic oxidation sites excluding steroid dienone is 4. The van der Waals surface area contributed by atoms with Crippen molar-refractivity contribution in [3.8, 4) is 0 Å². The van der Waals surface area contributed by atoms with E-state index in [1.807, 2.05) is 20.8 Å². The second kappa shape index (κ2) is 5.47. The summed E-state index contributed by atoms with van der Waals surface area (Å²) in [4.78, 5) is 24.7. The smallest absolute Gasteiger partial charge is 0.190 e. The van der Waals surface area contributed by atoms with Gasteiger partial charge < -0.3 is 10.2 Å². The molecule has 0 amide bonds. The van der Waals surface area contributed by atoms with Crippen molar-refractivity contribution >= 4 is 11.6 Å². The highest BCUT2D eigenvalue weighted by atomic mass is 19.1. The van der Waals surface area contributed by atoms with Crippen LogP contribution >= 0.6 is 0 Å². The van der Waals surface area contributed by atoms with Gasteiger partial charge in [0.05, 0.1) is 0 Å². The van der Waals surface area contributed by atoms with Gasteiger partial charge in [0.2, 0.25) is 0 Å². The molecule has 0 aromatic rings. The minimum absolute atomic E-state index is 0.0672. The van der Waals surface area contributed by atoms with Crippen molar-refractivity contribution in [1.82, 2.24) is 0 Å². The molecule has 0 bridgehead atoms. The number of aliphatic hydroxyl groups excluding tert-OH is 1. The van der Waals surface area contributed by atoms with E-state index in [1.165, 1.54) is 6.08 Å². The summed E-state index contributed by atoms with van der Waals surface area (Å²) in [6.07, 6.45) is 8.77. The van der Waals surface area contributed by atoms with Crippen LogP contribution < -0.4 is 0 Å². The van der Waals surface area contributed by atoms with E-state index in [2.05, 4.69) is 0 Å². The monoisotopic (exact) mass is 402 g/mol. The van der Waals surface area contributed by atoms with Gasteiger partial charge in [0.1, 0.15) is 17.9 Å². The molecule has 5 aliphatic rings. The number of halogens is 1. The van der Waals surface area contributed by atoms with Gasteiger partial charge in [-0.25, -0.2) is 4.39 Å². The van der Waals surface area contributed by atoms with Gasteiger partial charge in [0.25, 0.3) is 0 Å². The Kier molecular flexibility index (Phi) is 3.70. The lowest BCUT2D eigenvalue weighted by Crippen LogP contribution is -2.68. The minimum Gasteiger partial charge on any atom is -0.388 e. The van der Waals surface area contributed by atoms with E-state index < -0.39 is 39.9 Å². The van der Waals surface area contributed by atoms with Crippen LogP contribution in [0.5, 0.6) is 0 Å². The molecule has 0 radical (unpaired) electrons. The molecule has 1 spiro atoms. The van der Waals surface area contributed by atoms with Crippen LogP contribution in [-0.4, -0.2) is 39.7 Å². The largest absolute Gasteiger partial charge is 0.388 e. The molecule has 5 aliphatic carbocycles. The zero-order chi connectivity index (χ0) is 21.0. The number of Topliss-reactive ketones (excluding diaryl/α,β-unsaturated/α-hetero) is 1. The van der Waals surface area contributed by atoms with E-state index in [0.717, 1.165) is 18.4 Å². The van der Waals surface area contributed by atoms with Gasteiger partial charge in [-0.15, -0.1) is 0 Å². The zero-order valence-corrected chi connectivity index (χ0v) is 17.5. The van der Waals surface area contributed by atoms with E-state index in [0.29, 0.717) is 25.7 Å². The number of ketones is 2. The summed E-state index contributed by atoms with van der Waals surface area (Å²) in [5, 5.41) is 21.2. The van der Waals surface area contributed by atoms with Crippen LogP contribution in [0.15, 0.2) is 23.8 Å². The fourth-order valence-corrected chi connectivity index (χ4v) is 8.50. The molecule has 0 saturated heterocycles. The van der Waals surface area contributed by atoms with Gasteiger partial charge in [-0.05, 0) is 75.4 Å². The number of hydrogen-bond acceptors (Lipinski definition) is 4. The molecule has 5 rings (SSSR count). The Labute approximate surface area is 171 Å². The normalized spacial score (nSPS) is 51.9. The number of alkyl halides is 1. The van der Waals surface area contributed by atoms with Crippen LogP contribution in [0.1, 0.15) is 59.3 Å². The summed E-state index contributed by atoms with van der Waals surface area (Å²) in [7, 11) is 0. The summed E-state index contributed by atoms with van der Waals surface area (Å²) < 4.78 is 17.6. The van der Waals surface area contributed by atoms with Gasteiger partial charge in [-0.1, -0.05) is 25.5 Å². The summed E-state index contributed by atoms with van der Waals surface area (Å²) in [6.45, 7) is 5.09. The van der Waals surface area contributed by atoms with Gasteiger partial charge in [0, 0.05) is 16.2 Å². The summed E-state index contributed by atoms with van der Waals surface area (Å²) in [6, 6.07) is 0. The molecule has 0 aliphatic heterocycles. The molecule has 0 aromatic heterocycles. The van der Waals surface area contributed by atoms with Crippen molar-refractivity contribution in [2.45, 2.75) is 70.6 Å². The molecule has 0 heterocycles. The molecular formula is C24H31FO4. The van der Waals surface area contributed by atoms with Gasteiger partial charge >= 0.3 is 0 Å². The van der Waals surface area contributed by atoms with Crippen LogP contribution in [0.2, 0.25) is 0 Å². The van der Waals surface area contributed by atoms with Crippen molar-refractivity contribution < 1.29 is 24.2 Å². The van der Waals surface area contributed by atoms with E-state index in [-0.39, 0.29) is 23.5 Å². The molecule has 2 N–H and O–H groups in total. The average molecular weight is 403 g/mol. The zero-order valence-electron chi connectivity index (χ0n) is 17.5. The van der Waals surface area contributed by atoms with Crippen molar-refractivity contribution in [2.24, 2.45) is 34.0 Å². The summed E-state index contributed by atoms with van der Waals surface area (Å²) >= 11 is 0. The second-order valence-corrected chi connectivity index (χ2v) is 10.9. The minimum atomic E-state index is -1.61. The molecule has 4 nitrogen and oxygen atoms in total. The standard InChI is InChI=1S/C24H31FO4/c1-14-10-18-17-5-4-15-11-16(27)6-7-20(15,2)24(17,25)22(8-9-22)13-21(18,3)23(14,29)19(28)12-26/h6-7,11,14,17-18,26,29H,4-5,8-10,12-13H2,1-3H3/t14-,17?,18?,20-,21-,23-,24+/m0/s1. The highest BCUT2D eigenvalue weighted by Gasteiger charge is 2.81. The third-order valence-corrected chi connectivity index (χ3v) is 9.95. The van der Waals surface area contributed by atoms with E-state index in [1.54, 1.807) is 12.2 Å². The Morgan fingerprint density at radius 1 is 1.28 bits per heavy atom.